The molecule has 1 aliphatic rings. The zero-order chi connectivity index (χ0) is 17.2. The van der Waals surface area contributed by atoms with Crippen LogP contribution in [0.3, 0.4) is 0 Å². The number of rotatable bonds is 9. The molecule has 0 radical (unpaired) electrons. The largest absolute Gasteiger partial charge is 0.469 e. The van der Waals surface area contributed by atoms with Crippen molar-refractivity contribution in [3.05, 3.63) is 24.2 Å². The third kappa shape index (κ3) is 7.25. The highest BCUT2D eigenvalue weighted by Crippen LogP contribution is 2.18. The maximum atomic E-state index is 11.9. The summed E-state index contributed by atoms with van der Waals surface area (Å²) in [6.07, 6.45) is 6.13. The van der Waals surface area contributed by atoms with Crippen LogP contribution in [0, 0.1) is 0 Å². The van der Waals surface area contributed by atoms with Crippen molar-refractivity contribution in [3.8, 4) is 0 Å². The van der Waals surface area contributed by atoms with Crippen molar-refractivity contribution in [3.63, 3.8) is 0 Å². The third-order valence-corrected chi connectivity index (χ3v) is 4.34. The first-order valence-corrected chi connectivity index (χ1v) is 9.08. The van der Waals surface area contributed by atoms with Crippen LogP contribution in [0.25, 0.3) is 0 Å². The van der Waals surface area contributed by atoms with E-state index >= 15 is 0 Å². The van der Waals surface area contributed by atoms with Crippen LogP contribution in [0.1, 0.15) is 45.3 Å². The van der Waals surface area contributed by atoms with Gasteiger partial charge in [-0.05, 0) is 38.3 Å². The van der Waals surface area contributed by atoms with Gasteiger partial charge in [0.15, 0.2) is 5.96 Å². The molecule has 0 saturated carbocycles. The fourth-order valence-corrected chi connectivity index (χ4v) is 3.06. The molecule has 1 atom stereocenters. The molecule has 2 heterocycles. The maximum Gasteiger partial charge on any atom is 0.222 e. The molecule has 142 valence electrons. The summed E-state index contributed by atoms with van der Waals surface area (Å²) in [6, 6.07) is 4.19. The van der Waals surface area contributed by atoms with Crippen molar-refractivity contribution < 1.29 is 9.21 Å². The summed E-state index contributed by atoms with van der Waals surface area (Å²) in [7, 11) is 0. The van der Waals surface area contributed by atoms with Crippen LogP contribution >= 0.6 is 24.0 Å². The Morgan fingerprint density at radius 1 is 1.40 bits per heavy atom. The third-order valence-electron chi connectivity index (χ3n) is 4.34. The van der Waals surface area contributed by atoms with Crippen molar-refractivity contribution in [2.45, 2.75) is 52.0 Å². The Bertz CT molecular complexity index is 519. The Kier molecular flexibility index (Phi) is 10.6. The lowest BCUT2D eigenvalue weighted by Gasteiger charge is -2.26. The van der Waals surface area contributed by atoms with Gasteiger partial charge in [-0.3, -0.25) is 9.79 Å². The van der Waals surface area contributed by atoms with Gasteiger partial charge < -0.3 is 20.0 Å². The predicted octanol–water partition coefficient (Wildman–Crippen LogP) is 2.79. The molecule has 1 unspecified atom stereocenters. The van der Waals surface area contributed by atoms with Crippen LogP contribution in [0.5, 0.6) is 0 Å². The van der Waals surface area contributed by atoms with Crippen molar-refractivity contribution in [1.29, 1.82) is 0 Å². The number of halogens is 1. The Labute approximate surface area is 167 Å². The lowest BCUT2D eigenvalue weighted by Crippen LogP contribution is -2.39. The smallest absolute Gasteiger partial charge is 0.222 e. The summed E-state index contributed by atoms with van der Waals surface area (Å²) in [5.74, 6) is 2.10. The van der Waals surface area contributed by atoms with Gasteiger partial charge in [-0.15, -0.1) is 24.0 Å². The number of hydrogen-bond donors (Lipinski definition) is 2. The summed E-state index contributed by atoms with van der Waals surface area (Å²) >= 11 is 0. The molecule has 25 heavy (non-hydrogen) atoms. The minimum Gasteiger partial charge on any atom is -0.469 e. The second kappa shape index (κ2) is 12.2. The monoisotopic (exact) mass is 462 g/mol. The quantitative estimate of drug-likeness (QED) is 0.337. The fourth-order valence-electron chi connectivity index (χ4n) is 3.06. The topological polar surface area (TPSA) is 69.9 Å². The molecule has 0 aromatic carbocycles. The first-order valence-electron chi connectivity index (χ1n) is 9.08. The number of nitrogens with zero attached hydrogens (tertiary/aromatic N) is 2. The number of furan rings is 1. The SMILES string of the molecule is CCNC(=NCCC(CC)N1CCCC1=O)NCCc1ccco1.I. The summed E-state index contributed by atoms with van der Waals surface area (Å²) in [5.41, 5.74) is 0. The number of nitrogens with one attached hydrogen (secondary N) is 2. The number of carbonyl (C=O) groups excluding carboxylic acids is 1. The highest BCUT2D eigenvalue weighted by atomic mass is 127. The van der Waals surface area contributed by atoms with Gasteiger partial charge in [0.1, 0.15) is 5.76 Å². The molecule has 0 bridgehead atoms. The molecule has 1 saturated heterocycles. The predicted molar refractivity (Wildman–Crippen MR) is 111 cm³/mol. The molecular formula is C18H31IN4O2. The van der Waals surface area contributed by atoms with E-state index in [1.54, 1.807) is 6.26 Å². The molecule has 0 aliphatic carbocycles. The van der Waals surface area contributed by atoms with E-state index in [1.165, 1.54) is 0 Å². The standard InChI is InChI=1S/C18H30N4O2.HI/c1-3-15(22-13-5-8-17(22)23)9-11-20-18(19-4-2)21-12-10-16-7-6-14-24-16;/h6-7,14-15H,3-5,8-13H2,1-2H3,(H2,19,20,21);1H. The molecular weight excluding hydrogens is 431 g/mol. The van der Waals surface area contributed by atoms with Gasteiger partial charge in [0, 0.05) is 45.1 Å². The van der Waals surface area contributed by atoms with Gasteiger partial charge >= 0.3 is 0 Å². The average Bonchev–Trinajstić information content (AvgIpc) is 3.23. The van der Waals surface area contributed by atoms with E-state index in [0.29, 0.717) is 18.4 Å². The van der Waals surface area contributed by atoms with Crippen LogP contribution in [0.15, 0.2) is 27.8 Å². The molecule has 1 aromatic rings. The number of amides is 1. The number of carbonyl (C=O) groups is 1. The average molecular weight is 462 g/mol. The lowest BCUT2D eigenvalue weighted by atomic mass is 10.1. The van der Waals surface area contributed by atoms with E-state index < -0.39 is 0 Å². The Morgan fingerprint density at radius 2 is 2.24 bits per heavy atom. The van der Waals surface area contributed by atoms with E-state index in [9.17, 15) is 4.79 Å². The molecule has 2 N–H and O–H groups in total. The Balaban J connectivity index is 0.00000312. The van der Waals surface area contributed by atoms with E-state index in [4.69, 9.17) is 4.42 Å². The summed E-state index contributed by atoms with van der Waals surface area (Å²) in [4.78, 5) is 18.6. The van der Waals surface area contributed by atoms with Gasteiger partial charge in [0.05, 0.1) is 6.26 Å². The van der Waals surface area contributed by atoms with Crippen LogP contribution < -0.4 is 10.6 Å². The van der Waals surface area contributed by atoms with Gasteiger partial charge in [0.2, 0.25) is 5.91 Å². The fraction of sp³-hybridized carbons (Fsp3) is 0.667. The summed E-state index contributed by atoms with van der Waals surface area (Å²) < 4.78 is 5.33. The molecule has 1 aromatic heterocycles. The normalized spacial score (nSPS) is 15.8. The summed E-state index contributed by atoms with van der Waals surface area (Å²) in [6.45, 7) is 7.44. The second-order valence-corrected chi connectivity index (χ2v) is 6.06. The van der Waals surface area contributed by atoms with Crippen LogP contribution in [0.4, 0.5) is 0 Å². The first kappa shape index (κ1) is 21.8. The molecule has 0 spiro atoms. The maximum absolute atomic E-state index is 11.9. The van der Waals surface area contributed by atoms with Crippen LogP contribution in [0.2, 0.25) is 0 Å². The highest BCUT2D eigenvalue weighted by Gasteiger charge is 2.26. The minimum atomic E-state index is 0. The molecule has 1 amide bonds. The number of hydrogen-bond acceptors (Lipinski definition) is 3. The minimum absolute atomic E-state index is 0. The van der Waals surface area contributed by atoms with Crippen molar-refractivity contribution >= 4 is 35.8 Å². The molecule has 6 nitrogen and oxygen atoms in total. The van der Waals surface area contributed by atoms with Gasteiger partial charge in [0.25, 0.3) is 0 Å². The number of likely N-dealkylation sites (tertiary alicyclic amines) is 1. The van der Waals surface area contributed by atoms with Gasteiger partial charge in [-0.1, -0.05) is 6.92 Å². The van der Waals surface area contributed by atoms with Crippen molar-refractivity contribution in [2.24, 2.45) is 4.99 Å². The number of guanidine groups is 1. The van der Waals surface area contributed by atoms with E-state index in [2.05, 4.69) is 29.5 Å². The van der Waals surface area contributed by atoms with E-state index in [0.717, 1.165) is 63.6 Å². The second-order valence-electron chi connectivity index (χ2n) is 6.06. The van der Waals surface area contributed by atoms with E-state index in [1.807, 2.05) is 17.0 Å². The Hall–Kier alpha value is -1.25. The van der Waals surface area contributed by atoms with Gasteiger partial charge in [-0.2, -0.15) is 0 Å². The van der Waals surface area contributed by atoms with Crippen LogP contribution in [-0.2, 0) is 11.2 Å². The highest BCUT2D eigenvalue weighted by molar-refractivity contribution is 14.0. The van der Waals surface area contributed by atoms with Crippen molar-refractivity contribution in [2.75, 3.05) is 26.2 Å². The first-order chi connectivity index (χ1) is 11.7. The van der Waals surface area contributed by atoms with Crippen molar-refractivity contribution in [1.82, 2.24) is 15.5 Å². The Morgan fingerprint density at radius 3 is 2.84 bits per heavy atom. The van der Waals surface area contributed by atoms with Gasteiger partial charge in [-0.25, -0.2) is 0 Å². The van der Waals surface area contributed by atoms with Crippen LogP contribution in [-0.4, -0.2) is 49.0 Å². The molecule has 7 heteroatoms. The molecule has 1 aliphatic heterocycles. The zero-order valence-electron chi connectivity index (χ0n) is 15.3. The lowest BCUT2D eigenvalue weighted by molar-refractivity contribution is -0.129. The molecule has 2 rings (SSSR count). The number of aliphatic imine (C=N–C) groups is 1. The zero-order valence-corrected chi connectivity index (χ0v) is 17.6. The van der Waals surface area contributed by atoms with E-state index in [-0.39, 0.29) is 24.0 Å². The molecule has 1 fully saturated rings. The summed E-state index contributed by atoms with van der Waals surface area (Å²) in [5, 5.41) is 6.59.